The maximum atomic E-state index is 7.08. The van der Waals surface area contributed by atoms with E-state index in [1.807, 2.05) is 6.07 Å². The molecule has 0 bridgehead atoms. The van der Waals surface area contributed by atoms with Gasteiger partial charge in [-0.2, -0.15) is 0 Å². The van der Waals surface area contributed by atoms with Crippen LogP contribution in [0.2, 0.25) is 5.02 Å². The highest BCUT2D eigenvalue weighted by Gasteiger charge is 2.24. The first-order valence-corrected chi connectivity index (χ1v) is 9.93. The molecule has 0 amide bonds. The molecule has 0 spiro atoms. The van der Waals surface area contributed by atoms with Crippen LogP contribution in [0.5, 0.6) is 5.75 Å². The smallest absolute Gasteiger partial charge is 0.205 e. The number of H-pyrrole nitrogens is 1. The van der Waals surface area contributed by atoms with Crippen LogP contribution in [0, 0.1) is 6.57 Å². The third kappa shape index (κ3) is 3.76. The van der Waals surface area contributed by atoms with Crippen LogP contribution in [0.4, 0.5) is 5.69 Å². The molecule has 0 aliphatic heterocycles. The van der Waals surface area contributed by atoms with Crippen LogP contribution in [0.1, 0.15) is 43.1 Å². The zero-order valence-corrected chi connectivity index (χ0v) is 16.8. The number of hydrogen-bond acceptors (Lipinski definition) is 2. The number of fused-ring (bicyclic) bond motifs is 1. The topological polar surface area (TPSA) is 42.3 Å². The van der Waals surface area contributed by atoms with Crippen molar-refractivity contribution >= 4 is 17.3 Å². The molecule has 5 heteroatoms. The van der Waals surface area contributed by atoms with Crippen LogP contribution in [0.15, 0.2) is 42.5 Å². The SMILES string of the molecule is [C-]#[N+]c1ccc(O[C@@H]2CCc3nc(-c4ccc(C(C)C)cc4)[nH]c3C2)cc1Cl. The Bertz CT molecular complexity index is 1030. The lowest BCUT2D eigenvalue weighted by atomic mass is 9.98. The van der Waals surface area contributed by atoms with Crippen molar-refractivity contribution in [2.24, 2.45) is 0 Å². The minimum atomic E-state index is 0.0685. The summed E-state index contributed by atoms with van der Waals surface area (Å²) < 4.78 is 6.11. The van der Waals surface area contributed by atoms with Crippen LogP contribution in [0.25, 0.3) is 16.2 Å². The number of ether oxygens (including phenoxy) is 1. The summed E-state index contributed by atoms with van der Waals surface area (Å²) in [4.78, 5) is 11.7. The van der Waals surface area contributed by atoms with Crippen molar-refractivity contribution < 1.29 is 4.74 Å². The fourth-order valence-corrected chi connectivity index (χ4v) is 3.77. The van der Waals surface area contributed by atoms with Crippen LogP contribution in [0.3, 0.4) is 0 Å². The van der Waals surface area contributed by atoms with Gasteiger partial charge in [-0.05, 0) is 36.5 Å². The van der Waals surface area contributed by atoms with E-state index in [1.165, 1.54) is 5.56 Å². The highest BCUT2D eigenvalue weighted by atomic mass is 35.5. The minimum Gasteiger partial charge on any atom is -0.490 e. The summed E-state index contributed by atoms with van der Waals surface area (Å²) in [7, 11) is 0. The number of benzene rings is 2. The minimum absolute atomic E-state index is 0.0685. The fourth-order valence-electron chi connectivity index (χ4n) is 3.56. The molecule has 1 aromatic heterocycles. The van der Waals surface area contributed by atoms with Crippen molar-refractivity contribution in [3.63, 3.8) is 0 Å². The van der Waals surface area contributed by atoms with Crippen molar-refractivity contribution in [1.82, 2.24) is 9.97 Å². The maximum Gasteiger partial charge on any atom is 0.205 e. The average molecular weight is 392 g/mol. The summed E-state index contributed by atoms with van der Waals surface area (Å²) in [6, 6.07) is 13.8. The molecule has 1 aliphatic rings. The molecular formula is C23H22ClN3O. The predicted octanol–water partition coefficient (Wildman–Crippen LogP) is 6.34. The fraction of sp³-hybridized carbons (Fsp3) is 0.304. The van der Waals surface area contributed by atoms with E-state index < -0.39 is 0 Å². The molecule has 0 fully saturated rings. The van der Waals surface area contributed by atoms with E-state index in [1.54, 1.807) is 12.1 Å². The molecule has 0 unspecified atom stereocenters. The van der Waals surface area contributed by atoms with Gasteiger partial charge >= 0.3 is 0 Å². The lowest BCUT2D eigenvalue weighted by molar-refractivity contribution is 0.183. The van der Waals surface area contributed by atoms with E-state index in [9.17, 15) is 0 Å². The van der Waals surface area contributed by atoms with Crippen molar-refractivity contribution in [2.75, 3.05) is 0 Å². The normalized spacial score (nSPS) is 15.9. The third-order valence-electron chi connectivity index (χ3n) is 5.19. The van der Waals surface area contributed by atoms with Gasteiger partial charge in [0.05, 0.1) is 17.3 Å². The van der Waals surface area contributed by atoms with Crippen molar-refractivity contribution in [3.05, 3.63) is 75.9 Å². The Hall–Kier alpha value is -2.77. The summed E-state index contributed by atoms with van der Waals surface area (Å²) in [6.45, 7) is 11.5. The van der Waals surface area contributed by atoms with Gasteiger partial charge in [0, 0.05) is 17.7 Å². The van der Waals surface area contributed by atoms with Gasteiger partial charge in [-0.25, -0.2) is 9.83 Å². The zero-order chi connectivity index (χ0) is 19.7. The highest BCUT2D eigenvalue weighted by molar-refractivity contribution is 6.33. The quantitative estimate of drug-likeness (QED) is 0.527. The van der Waals surface area contributed by atoms with Gasteiger partial charge in [0.2, 0.25) is 5.69 Å². The molecule has 142 valence electrons. The maximum absolute atomic E-state index is 7.08. The lowest BCUT2D eigenvalue weighted by Gasteiger charge is -2.22. The van der Waals surface area contributed by atoms with E-state index in [4.69, 9.17) is 27.9 Å². The first-order chi connectivity index (χ1) is 13.5. The van der Waals surface area contributed by atoms with Gasteiger partial charge in [0.15, 0.2) is 0 Å². The largest absolute Gasteiger partial charge is 0.490 e. The number of nitrogens with zero attached hydrogens (tertiary/aromatic N) is 2. The number of aromatic amines is 1. The molecule has 4 nitrogen and oxygen atoms in total. The second-order valence-electron chi connectivity index (χ2n) is 7.50. The van der Waals surface area contributed by atoms with Gasteiger partial charge < -0.3 is 9.72 Å². The van der Waals surface area contributed by atoms with Gasteiger partial charge in [-0.15, -0.1) is 0 Å². The molecule has 1 atom stereocenters. The van der Waals surface area contributed by atoms with Gasteiger partial charge in [-0.3, -0.25) is 0 Å². The number of hydrogen-bond donors (Lipinski definition) is 1. The zero-order valence-electron chi connectivity index (χ0n) is 16.0. The highest BCUT2D eigenvalue weighted by Crippen LogP contribution is 2.32. The van der Waals surface area contributed by atoms with E-state index in [2.05, 4.69) is 47.9 Å². The monoisotopic (exact) mass is 391 g/mol. The molecule has 3 aromatic rings. The van der Waals surface area contributed by atoms with Crippen LogP contribution in [-0.4, -0.2) is 16.1 Å². The Morgan fingerprint density at radius 2 is 2.00 bits per heavy atom. The molecule has 4 rings (SSSR count). The Balaban J connectivity index is 1.48. The Morgan fingerprint density at radius 3 is 2.68 bits per heavy atom. The summed E-state index contributed by atoms with van der Waals surface area (Å²) >= 11 is 6.12. The van der Waals surface area contributed by atoms with E-state index in [-0.39, 0.29) is 6.10 Å². The average Bonchev–Trinajstić information content (AvgIpc) is 3.11. The van der Waals surface area contributed by atoms with E-state index in [0.29, 0.717) is 22.4 Å². The third-order valence-corrected chi connectivity index (χ3v) is 5.50. The van der Waals surface area contributed by atoms with Gasteiger partial charge in [-0.1, -0.05) is 55.8 Å². The molecule has 1 N–H and O–H groups in total. The van der Waals surface area contributed by atoms with E-state index in [0.717, 1.165) is 42.0 Å². The summed E-state index contributed by atoms with van der Waals surface area (Å²) in [6.07, 6.45) is 2.65. The van der Waals surface area contributed by atoms with Crippen molar-refractivity contribution in [2.45, 2.75) is 45.1 Å². The second kappa shape index (κ2) is 7.69. The van der Waals surface area contributed by atoms with Crippen LogP contribution >= 0.6 is 11.6 Å². The number of aryl methyl sites for hydroxylation is 1. The molecule has 28 heavy (non-hydrogen) atoms. The molecule has 0 saturated carbocycles. The number of nitrogens with one attached hydrogen (secondary N) is 1. The molecular weight excluding hydrogens is 370 g/mol. The Labute approximate surface area is 170 Å². The first kappa shape index (κ1) is 18.6. The Kier molecular flexibility index (Phi) is 5.11. The van der Waals surface area contributed by atoms with Crippen LogP contribution < -0.4 is 4.74 Å². The molecule has 0 radical (unpaired) electrons. The summed E-state index contributed by atoms with van der Waals surface area (Å²) in [5.74, 6) is 2.15. The summed E-state index contributed by atoms with van der Waals surface area (Å²) in [5, 5.41) is 0.428. The number of imidazole rings is 1. The molecule has 1 aliphatic carbocycles. The standard InChI is InChI=1S/C23H22ClN3O/c1-14(2)15-4-6-16(7-5-15)23-26-21-11-9-18(13-22(21)27-23)28-17-8-10-20(25-3)19(24)12-17/h4-8,10,12,14,18H,9,11,13H2,1-2H3,(H,26,27)/t18-/m1/s1. The van der Waals surface area contributed by atoms with Gasteiger partial charge in [0.1, 0.15) is 17.7 Å². The second-order valence-corrected chi connectivity index (χ2v) is 7.90. The van der Waals surface area contributed by atoms with Crippen LogP contribution in [-0.2, 0) is 12.8 Å². The van der Waals surface area contributed by atoms with Crippen molar-refractivity contribution in [1.29, 1.82) is 0 Å². The number of halogens is 1. The lowest BCUT2D eigenvalue weighted by Crippen LogP contribution is -2.25. The molecule has 0 saturated heterocycles. The predicted molar refractivity (Wildman–Crippen MR) is 112 cm³/mol. The first-order valence-electron chi connectivity index (χ1n) is 9.55. The molecule has 1 heterocycles. The van der Waals surface area contributed by atoms with E-state index >= 15 is 0 Å². The molecule has 2 aromatic carbocycles. The summed E-state index contributed by atoms with van der Waals surface area (Å²) in [5.41, 5.74) is 5.16. The van der Waals surface area contributed by atoms with Gasteiger partial charge in [0.25, 0.3) is 0 Å². The number of aromatic nitrogens is 2. The Morgan fingerprint density at radius 1 is 1.21 bits per heavy atom. The van der Waals surface area contributed by atoms with Crippen molar-refractivity contribution in [3.8, 4) is 17.1 Å². The number of rotatable bonds is 4.